The fraction of sp³-hybridized carbons (Fsp3) is 0.381. The first-order chi connectivity index (χ1) is 13.4. The van der Waals surface area contributed by atoms with Crippen LogP contribution in [-0.4, -0.2) is 43.3 Å². The number of piperidine rings is 1. The van der Waals surface area contributed by atoms with Crippen LogP contribution in [0.1, 0.15) is 30.0 Å². The first kappa shape index (κ1) is 20.1. The van der Waals surface area contributed by atoms with E-state index < -0.39 is 29.6 Å². The Balaban J connectivity index is 2.01. The summed E-state index contributed by atoms with van der Waals surface area (Å²) in [5.41, 5.74) is 1.10. The number of aliphatic carboxylic acids is 1. The van der Waals surface area contributed by atoms with Gasteiger partial charge in [-0.2, -0.15) is 0 Å². The van der Waals surface area contributed by atoms with Gasteiger partial charge in [-0.15, -0.1) is 0 Å². The molecular formula is C21H23F2NO4. The Hall–Kier alpha value is -2.67. The van der Waals surface area contributed by atoms with Gasteiger partial charge >= 0.3 is 5.97 Å². The molecule has 1 unspecified atom stereocenters. The van der Waals surface area contributed by atoms with Crippen molar-refractivity contribution in [3.63, 3.8) is 0 Å². The predicted molar refractivity (Wildman–Crippen MR) is 99.7 cm³/mol. The number of carboxylic acids is 1. The molecule has 2 aromatic carbocycles. The van der Waals surface area contributed by atoms with Gasteiger partial charge in [0.15, 0.2) is 11.5 Å². The van der Waals surface area contributed by atoms with Crippen molar-refractivity contribution in [2.75, 3.05) is 27.3 Å². The number of methoxy groups -OCH3 is 2. The minimum absolute atomic E-state index is 0.336. The summed E-state index contributed by atoms with van der Waals surface area (Å²) in [5, 5.41) is 9.25. The van der Waals surface area contributed by atoms with Gasteiger partial charge in [-0.1, -0.05) is 12.1 Å². The topological polar surface area (TPSA) is 59.0 Å². The molecule has 150 valence electrons. The lowest BCUT2D eigenvalue weighted by Gasteiger charge is -2.37. The quantitative estimate of drug-likeness (QED) is 0.810. The molecule has 1 heterocycles. The molecule has 0 aliphatic carbocycles. The SMILES string of the molecule is COc1ccc(C(c2ccc(F)cc2F)N2CCC(C(=O)O)CC2)cc1OC. The number of benzene rings is 2. The van der Waals surface area contributed by atoms with Crippen LogP contribution >= 0.6 is 0 Å². The van der Waals surface area contributed by atoms with E-state index in [1.165, 1.54) is 26.4 Å². The van der Waals surface area contributed by atoms with Crippen LogP contribution in [0.15, 0.2) is 36.4 Å². The van der Waals surface area contributed by atoms with E-state index in [0.717, 1.165) is 11.6 Å². The highest BCUT2D eigenvalue weighted by Gasteiger charge is 2.32. The molecule has 0 bridgehead atoms. The number of rotatable bonds is 6. The normalized spacial score (nSPS) is 16.6. The summed E-state index contributed by atoms with van der Waals surface area (Å²) in [5.74, 6) is -1.44. The highest BCUT2D eigenvalue weighted by atomic mass is 19.1. The van der Waals surface area contributed by atoms with Gasteiger partial charge in [0, 0.05) is 11.6 Å². The third-order valence-electron chi connectivity index (χ3n) is 5.22. The Morgan fingerprint density at radius 2 is 1.75 bits per heavy atom. The minimum Gasteiger partial charge on any atom is -0.493 e. The highest BCUT2D eigenvalue weighted by molar-refractivity contribution is 5.70. The Labute approximate surface area is 162 Å². The predicted octanol–water partition coefficient (Wildman–Crippen LogP) is 3.87. The van der Waals surface area contributed by atoms with Crippen molar-refractivity contribution in [1.82, 2.24) is 4.90 Å². The first-order valence-corrected chi connectivity index (χ1v) is 9.08. The van der Waals surface area contributed by atoms with Crippen LogP contribution in [0.25, 0.3) is 0 Å². The summed E-state index contributed by atoms with van der Waals surface area (Å²) < 4.78 is 38.8. The molecular weight excluding hydrogens is 368 g/mol. The Morgan fingerprint density at radius 1 is 1.07 bits per heavy atom. The second kappa shape index (κ2) is 8.56. The van der Waals surface area contributed by atoms with Crippen molar-refractivity contribution in [2.24, 2.45) is 5.92 Å². The summed E-state index contributed by atoms with van der Waals surface area (Å²) in [7, 11) is 3.05. The lowest BCUT2D eigenvalue weighted by atomic mass is 9.91. The van der Waals surface area contributed by atoms with E-state index in [1.807, 2.05) is 11.0 Å². The molecule has 1 N–H and O–H groups in total. The van der Waals surface area contributed by atoms with Crippen LogP contribution in [-0.2, 0) is 4.79 Å². The number of ether oxygens (including phenoxy) is 2. The Bertz CT molecular complexity index is 850. The molecule has 1 atom stereocenters. The second-order valence-corrected chi connectivity index (χ2v) is 6.83. The number of carboxylic acid groups (broad SMARTS) is 1. The molecule has 1 fully saturated rings. The van der Waals surface area contributed by atoms with E-state index in [9.17, 15) is 18.7 Å². The van der Waals surface area contributed by atoms with Gasteiger partial charge in [0.1, 0.15) is 11.6 Å². The number of hydrogen-bond acceptors (Lipinski definition) is 4. The Morgan fingerprint density at radius 3 is 2.32 bits per heavy atom. The van der Waals surface area contributed by atoms with E-state index in [0.29, 0.717) is 43.0 Å². The summed E-state index contributed by atoms with van der Waals surface area (Å²) in [6.07, 6.45) is 0.948. The van der Waals surface area contributed by atoms with Crippen molar-refractivity contribution >= 4 is 5.97 Å². The molecule has 28 heavy (non-hydrogen) atoms. The molecule has 0 spiro atoms. The highest BCUT2D eigenvalue weighted by Crippen LogP contribution is 2.38. The summed E-state index contributed by atoms with van der Waals surface area (Å²) in [6, 6.07) is 8.38. The smallest absolute Gasteiger partial charge is 0.306 e. The molecule has 0 radical (unpaired) electrons. The van der Waals surface area contributed by atoms with Gasteiger partial charge in [-0.05, 0) is 49.7 Å². The summed E-state index contributed by atoms with van der Waals surface area (Å²) in [6.45, 7) is 0.986. The van der Waals surface area contributed by atoms with Crippen molar-refractivity contribution in [3.8, 4) is 11.5 Å². The summed E-state index contributed by atoms with van der Waals surface area (Å²) in [4.78, 5) is 13.3. The number of carbonyl (C=O) groups is 1. The van der Waals surface area contributed by atoms with E-state index >= 15 is 0 Å². The largest absolute Gasteiger partial charge is 0.493 e. The number of hydrogen-bond donors (Lipinski definition) is 1. The van der Waals surface area contributed by atoms with Crippen molar-refractivity contribution in [1.29, 1.82) is 0 Å². The van der Waals surface area contributed by atoms with E-state index in [-0.39, 0.29) is 0 Å². The lowest BCUT2D eigenvalue weighted by molar-refractivity contribution is -0.143. The molecule has 0 aromatic heterocycles. The van der Waals surface area contributed by atoms with Gasteiger partial charge in [-0.3, -0.25) is 9.69 Å². The monoisotopic (exact) mass is 391 g/mol. The van der Waals surface area contributed by atoms with E-state index in [4.69, 9.17) is 9.47 Å². The average Bonchev–Trinajstić information content (AvgIpc) is 2.70. The maximum absolute atomic E-state index is 14.7. The van der Waals surface area contributed by atoms with E-state index in [1.54, 1.807) is 12.1 Å². The molecule has 1 aliphatic rings. The number of nitrogens with zero attached hydrogens (tertiary/aromatic N) is 1. The molecule has 3 rings (SSSR count). The van der Waals surface area contributed by atoms with E-state index in [2.05, 4.69) is 0 Å². The van der Waals surface area contributed by atoms with Crippen LogP contribution in [0.3, 0.4) is 0 Å². The minimum atomic E-state index is -0.810. The zero-order valence-corrected chi connectivity index (χ0v) is 15.8. The maximum Gasteiger partial charge on any atom is 0.306 e. The molecule has 2 aromatic rings. The van der Waals surface area contributed by atoms with Crippen LogP contribution in [0.5, 0.6) is 11.5 Å². The fourth-order valence-corrected chi connectivity index (χ4v) is 3.74. The number of likely N-dealkylation sites (tertiary alicyclic amines) is 1. The second-order valence-electron chi connectivity index (χ2n) is 6.83. The molecule has 1 aliphatic heterocycles. The first-order valence-electron chi connectivity index (χ1n) is 9.08. The van der Waals surface area contributed by atoms with Crippen LogP contribution < -0.4 is 9.47 Å². The third-order valence-corrected chi connectivity index (χ3v) is 5.22. The lowest BCUT2D eigenvalue weighted by Crippen LogP contribution is -2.39. The average molecular weight is 391 g/mol. The molecule has 1 saturated heterocycles. The number of halogens is 2. The summed E-state index contributed by atoms with van der Waals surface area (Å²) >= 11 is 0. The van der Waals surface area contributed by atoms with Gasteiger partial charge in [0.25, 0.3) is 0 Å². The van der Waals surface area contributed by atoms with Crippen LogP contribution in [0.4, 0.5) is 8.78 Å². The Kier molecular flexibility index (Phi) is 6.14. The molecule has 0 saturated carbocycles. The van der Waals surface area contributed by atoms with Crippen LogP contribution in [0.2, 0.25) is 0 Å². The van der Waals surface area contributed by atoms with Gasteiger partial charge in [0.2, 0.25) is 0 Å². The molecule has 0 amide bonds. The van der Waals surface area contributed by atoms with Gasteiger partial charge < -0.3 is 14.6 Å². The van der Waals surface area contributed by atoms with Crippen LogP contribution in [0, 0.1) is 17.6 Å². The van der Waals surface area contributed by atoms with Crippen molar-refractivity contribution in [3.05, 3.63) is 59.2 Å². The third kappa shape index (κ3) is 4.09. The zero-order chi connectivity index (χ0) is 20.3. The van der Waals surface area contributed by atoms with Crippen molar-refractivity contribution < 1.29 is 28.2 Å². The van der Waals surface area contributed by atoms with Crippen molar-refractivity contribution in [2.45, 2.75) is 18.9 Å². The maximum atomic E-state index is 14.7. The molecule has 5 nitrogen and oxygen atoms in total. The van der Waals surface area contributed by atoms with Gasteiger partial charge in [-0.25, -0.2) is 8.78 Å². The standard InChI is InChI=1S/C21H23F2NO4/c1-27-18-6-3-14(11-19(18)28-2)20(16-5-4-15(22)12-17(16)23)24-9-7-13(8-10-24)21(25)26/h3-6,11-13,20H,7-10H2,1-2H3,(H,25,26). The molecule has 7 heteroatoms. The fourth-order valence-electron chi connectivity index (χ4n) is 3.74. The van der Waals surface area contributed by atoms with Gasteiger partial charge in [0.05, 0.1) is 26.2 Å². The zero-order valence-electron chi connectivity index (χ0n) is 15.8.